The third-order valence-electron chi connectivity index (χ3n) is 3.21. The van der Waals surface area contributed by atoms with Gasteiger partial charge in [0.1, 0.15) is 0 Å². The third kappa shape index (κ3) is 2.14. The molecule has 1 aliphatic heterocycles. The van der Waals surface area contributed by atoms with E-state index in [1.165, 1.54) is 23.3 Å². The van der Waals surface area contributed by atoms with Crippen molar-refractivity contribution in [2.45, 2.75) is 19.3 Å². The maximum Gasteiger partial charge on any atom is 0.0665 e. The first-order valence-corrected chi connectivity index (χ1v) is 6.14. The van der Waals surface area contributed by atoms with Crippen LogP contribution in [0.2, 0.25) is 0 Å². The molecule has 0 unspecified atom stereocenters. The molecule has 3 rings (SSSR count). The molecule has 1 nitrogen and oxygen atoms in total. The van der Waals surface area contributed by atoms with Crippen molar-refractivity contribution in [2.24, 2.45) is 4.99 Å². The first-order valence-electron chi connectivity index (χ1n) is 6.14. The Labute approximate surface area is 102 Å². The van der Waals surface area contributed by atoms with E-state index in [9.17, 15) is 0 Å². The highest BCUT2D eigenvalue weighted by Crippen LogP contribution is 2.26. The molecule has 0 fully saturated rings. The Morgan fingerprint density at radius 3 is 2.41 bits per heavy atom. The molecular formula is C16H15N. The highest BCUT2D eigenvalue weighted by Gasteiger charge is 2.10. The second-order valence-electron chi connectivity index (χ2n) is 4.41. The zero-order chi connectivity index (χ0) is 11.5. The van der Waals surface area contributed by atoms with Crippen LogP contribution in [0.25, 0.3) is 0 Å². The Balaban J connectivity index is 2.05. The lowest BCUT2D eigenvalue weighted by atomic mass is 10.0. The minimum Gasteiger partial charge on any atom is -0.253 e. The summed E-state index contributed by atoms with van der Waals surface area (Å²) in [5.74, 6) is 0. The molecule has 17 heavy (non-hydrogen) atoms. The molecule has 2 aromatic rings. The summed E-state index contributed by atoms with van der Waals surface area (Å²) in [5.41, 5.74) is 4.99. The molecule has 1 aliphatic rings. The van der Waals surface area contributed by atoms with Crippen molar-refractivity contribution < 1.29 is 0 Å². The molecule has 0 spiro atoms. The molecular weight excluding hydrogens is 206 g/mol. The molecule has 2 aromatic carbocycles. The Morgan fingerprint density at radius 2 is 1.53 bits per heavy atom. The van der Waals surface area contributed by atoms with E-state index < -0.39 is 0 Å². The van der Waals surface area contributed by atoms with Crippen LogP contribution in [0.5, 0.6) is 0 Å². The average Bonchev–Trinajstić information content (AvgIpc) is 2.62. The normalized spacial score (nSPS) is 14.7. The summed E-state index contributed by atoms with van der Waals surface area (Å²) in [6, 6.07) is 19.0. The summed E-state index contributed by atoms with van der Waals surface area (Å²) >= 11 is 0. The Morgan fingerprint density at radius 1 is 0.765 bits per heavy atom. The number of benzene rings is 2. The van der Waals surface area contributed by atoms with Crippen molar-refractivity contribution in [1.82, 2.24) is 0 Å². The first kappa shape index (κ1) is 10.3. The maximum atomic E-state index is 4.83. The molecule has 1 heteroatoms. The van der Waals surface area contributed by atoms with Crippen LogP contribution >= 0.6 is 0 Å². The number of rotatable bonds is 1. The number of aliphatic imine (C=N–C) groups is 1. The van der Waals surface area contributed by atoms with Crippen LogP contribution in [0.1, 0.15) is 24.0 Å². The number of para-hydroxylation sites is 1. The molecule has 0 aliphatic carbocycles. The number of aryl methyl sites for hydroxylation is 1. The maximum absolute atomic E-state index is 4.83. The zero-order valence-electron chi connectivity index (χ0n) is 9.76. The van der Waals surface area contributed by atoms with Gasteiger partial charge in [0.05, 0.1) is 5.69 Å². The van der Waals surface area contributed by atoms with Crippen molar-refractivity contribution in [3.63, 3.8) is 0 Å². The van der Waals surface area contributed by atoms with Gasteiger partial charge in [-0.05, 0) is 36.5 Å². The molecule has 84 valence electrons. The average molecular weight is 221 g/mol. The predicted molar refractivity (Wildman–Crippen MR) is 72.0 cm³/mol. The highest BCUT2D eigenvalue weighted by atomic mass is 14.8. The van der Waals surface area contributed by atoms with Crippen LogP contribution in [-0.2, 0) is 6.42 Å². The van der Waals surface area contributed by atoms with E-state index in [2.05, 4.69) is 54.6 Å². The zero-order valence-corrected chi connectivity index (χ0v) is 9.76. The Hall–Kier alpha value is -1.89. The smallest absolute Gasteiger partial charge is 0.0665 e. The lowest BCUT2D eigenvalue weighted by Crippen LogP contribution is -1.98. The van der Waals surface area contributed by atoms with Gasteiger partial charge in [-0.3, -0.25) is 4.99 Å². The highest BCUT2D eigenvalue weighted by molar-refractivity contribution is 6.02. The van der Waals surface area contributed by atoms with Gasteiger partial charge in [0.25, 0.3) is 0 Å². The number of hydrogen-bond donors (Lipinski definition) is 0. The summed E-state index contributed by atoms with van der Waals surface area (Å²) in [5, 5.41) is 0. The molecule has 0 saturated heterocycles. The molecule has 0 aromatic heterocycles. The van der Waals surface area contributed by atoms with Crippen LogP contribution < -0.4 is 0 Å². The van der Waals surface area contributed by atoms with Gasteiger partial charge >= 0.3 is 0 Å². The van der Waals surface area contributed by atoms with Crippen LogP contribution in [-0.4, -0.2) is 5.71 Å². The van der Waals surface area contributed by atoms with Gasteiger partial charge in [0.15, 0.2) is 0 Å². The number of nitrogens with zero attached hydrogens (tertiary/aromatic N) is 1. The van der Waals surface area contributed by atoms with Gasteiger partial charge in [0, 0.05) is 5.71 Å². The van der Waals surface area contributed by atoms with Crippen molar-refractivity contribution in [1.29, 1.82) is 0 Å². The second kappa shape index (κ2) is 4.54. The largest absolute Gasteiger partial charge is 0.253 e. The monoisotopic (exact) mass is 221 g/mol. The van der Waals surface area contributed by atoms with E-state index in [0.29, 0.717) is 0 Å². The molecule has 0 saturated carbocycles. The van der Waals surface area contributed by atoms with Crippen LogP contribution in [0.15, 0.2) is 59.6 Å². The van der Waals surface area contributed by atoms with Gasteiger partial charge in [-0.25, -0.2) is 0 Å². The van der Waals surface area contributed by atoms with Crippen molar-refractivity contribution in [3.8, 4) is 0 Å². The van der Waals surface area contributed by atoms with E-state index in [0.717, 1.165) is 18.5 Å². The summed E-state index contributed by atoms with van der Waals surface area (Å²) in [4.78, 5) is 4.83. The van der Waals surface area contributed by atoms with E-state index in [4.69, 9.17) is 4.99 Å². The van der Waals surface area contributed by atoms with E-state index >= 15 is 0 Å². The van der Waals surface area contributed by atoms with Gasteiger partial charge in [-0.2, -0.15) is 0 Å². The molecule has 0 N–H and O–H groups in total. The van der Waals surface area contributed by atoms with Gasteiger partial charge < -0.3 is 0 Å². The molecule has 0 amide bonds. The number of fused-ring (bicyclic) bond motifs is 1. The van der Waals surface area contributed by atoms with E-state index in [1.807, 2.05) is 0 Å². The Kier molecular flexibility index (Phi) is 2.74. The fourth-order valence-corrected chi connectivity index (χ4v) is 2.32. The van der Waals surface area contributed by atoms with E-state index in [1.54, 1.807) is 0 Å². The molecule has 0 bridgehead atoms. The summed E-state index contributed by atoms with van der Waals surface area (Å²) in [6.07, 6.45) is 3.39. The van der Waals surface area contributed by atoms with Gasteiger partial charge in [-0.1, -0.05) is 48.5 Å². The minimum absolute atomic E-state index is 1.07. The van der Waals surface area contributed by atoms with Gasteiger partial charge in [-0.15, -0.1) is 0 Å². The van der Waals surface area contributed by atoms with Crippen molar-refractivity contribution in [2.75, 3.05) is 0 Å². The van der Waals surface area contributed by atoms with Crippen LogP contribution in [0.3, 0.4) is 0 Å². The predicted octanol–water partition coefficient (Wildman–Crippen LogP) is 4.14. The lowest BCUT2D eigenvalue weighted by molar-refractivity contribution is 0.878. The van der Waals surface area contributed by atoms with E-state index in [-0.39, 0.29) is 0 Å². The topological polar surface area (TPSA) is 12.4 Å². The summed E-state index contributed by atoms with van der Waals surface area (Å²) in [6.45, 7) is 0. The van der Waals surface area contributed by atoms with Crippen molar-refractivity contribution >= 4 is 11.4 Å². The first-order chi connectivity index (χ1) is 8.43. The fourth-order valence-electron chi connectivity index (χ4n) is 2.32. The lowest BCUT2D eigenvalue weighted by Gasteiger charge is -2.03. The fraction of sp³-hybridized carbons (Fsp3) is 0.188. The Bertz CT molecular complexity index is 540. The van der Waals surface area contributed by atoms with Gasteiger partial charge in [0.2, 0.25) is 0 Å². The molecule has 0 radical (unpaired) electrons. The number of hydrogen-bond acceptors (Lipinski definition) is 1. The SMILES string of the molecule is c1ccc(C2=Nc3ccccc3CCC2)cc1. The third-order valence-corrected chi connectivity index (χ3v) is 3.21. The van der Waals surface area contributed by atoms with Crippen molar-refractivity contribution in [3.05, 3.63) is 65.7 Å². The summed E-state index contributed by atoms with van der Waals surface area (Å²) in [7, 11) is 0. The second-order valence-corrected chi connectivity index (χ2v) is 4.41. The molecule has 0 atom stereocenters. The van der Waals surface area contributed by atoms with Crippen LogP contribution in [0, 0.1) is 0 Å². The quantitative estimate of drug-likeness (QED) is 0.686. The summed E-state index contributed by atoms with van der Waals surface area (Å²) < 4.78 is 0. The molecule has 1 heterocycles. The standard InChI is InChI=1S/C16H15N/c1-2-7-13(8-3-1)16-12-6-10-14-9-4-5-11-15(14)17-16/h1-5,7-9,11H,6,10,12H2. The van der Waals surface area contributed by atoms with Crippen LogP contribution in [0.4, 0.5) is 5.69 Å². The minimum atomic E-state index is 1.07.